The van der Waals surface area contributed by atoms with Crippen molar-refractivity contribution in [3.63, 3.8) is 0 Å². The molecule has 0 aliphatic carbocycles. The predicted octanol–water partition coefficient (Wildman–Crippen LogP) is -0.0131. The quantitative estimate of drug-likeness (QED) is 0.0329. The molecule has 5 rings (SSSR count). The number of allylic oxidation sites excluding steroid dienone is 8. The molecule has 0 saturated carbocycles. The molecule has 2 heterocycles. The van der Waals surface area contributed by atoms with Crippen LogP contribution in [0.1, 0.15) is 64.5 Å². The van der Waals surface area contributed by atoms with Gasteiger partial charge in [-0.25, -0.2) is 0 Å². The summed E-state index contributed by atoms with van der Waals surface area (Å²) in [5.74, 6) is -0.397. The number of unbranched alkanes of at least 4 members (excludes halogenated alkanes) is 1. The molecule has 0 bridgehead atoms. The number of para-hydroxylation sites is 1. The molecule has 0 spiro atoms. The first-order chi connectivity index (χ1) is 24.6. The molecule has 10 nitrogen and oxygen atoms in total. The number of nitrogens with zero attached hydrogens (tertiary/aromatic N) is 2. The Labute approximate surface area is 364 Å². The summed E-state index contributed by atoms with van der Waals surface area (Å²) in [5.41, 5.74) is 6.42. The van der Waals surface area contributed by atoms with Crippen molar-refractivity contribution >= 4 is 57.9 Å². The molecule has 3 aromatic rings. The predicted molar refractivity (Wildman–Crippen MR) is 195 cm³/mol. The Hall–Kier alpha value is -1.72. The number of carboxylic acids is 1. The van der Waals surface area contributed by atoms with E-state index in [1.807, 2.05) is 48.6 Å². The zero-order valence-corrected chi connectivity index (χ0v) is 36.8. The van der Waals surface area contributed by atoms with Gasteiger partial charge in [0.1, 0.15) is 6.54 Å². The van der Waals surface area contributed by atoms with Crippen LogP contribution in [-0.4, -0.2) is 35.1 Å². The molecule has 3 aromatic carbocycles. The van der Waals surface area contributed by atoms with Crippen molar-refractivity contribution in [3.8, 4) is 0 Å². The van der Waals surface area contributed by atoms with Gasteiger partial charge in [0.15, 0.2) is 5.71 Å². The van der Waals surface area contributed by atoms with Gasteiger partial charge in [-0.15, -0.1) is 0 Å². The van der Waals surface area contributed by atoms with Gasteiger partial charge in [0.05, 0.1) is 17.5 Å². The Kier molecular flexibility index (Phi) is 18.6. The number of hydrogen-bond donors (Lipinski definition) is 0. The number of aliphatic carboxylic acids is 1. The molecule has 2 aliphatic rings. The molecule has 0 aromatic heterocycles. The molecule has 270 valence electrons. The van der Waals surface area contributed by atoms with Crippen LogP contribution in [0.2, 0.25) is 0 Å². The third kappa shape index (κ3) is 11.0. The fourth-order valence-corrected chi connectivity index (χ4v) is 7.99. The Bertz CT molecular complexity index is 1880. The number of benzene rings is 3. The number of carbonyl (C=O) groups excluding carboxylic acids is 1. The van der Waals surface area contributed by atoms with Gasteiger partial charge in [0.2, 0.25) is 5.69 Å². The molecule has 0 radical (unpaired) electrons. The summed E-state index contributed by atoms with van der Waals surface area (Å²) in [6.45, 7) is 10.2. The molecule has 0 fully saturated rings. The third-order valence-corrected chi connectivity index (χ3v) is 10.6. The maximum absolute atomic E-state index is 11.1. The van der Waals surface area contributed by atoms with Gasteiger partial charge >= 0.3 is 59.1 Å². The van der Waals surface area contributed by atoms with Crippen LogP contribution in [0.5, 0.6) is 0 Å². The zero-order chi connectivity index (χ0) is 36.4. The summed E-state index contributed by atoms with van der Waals surface area (Å²) in [6, 6.07) is 18.4. The van der Waals surface area contributed by atoms with Crippen molar-refractivity contribution in [2.75, 3.05) is 23.7 Å². The minimum atomic E-state index is -1.03. The van der Waals surface area contributed by atoms with Crippen LogP contribution in [0.4, 0.5) is 11.4 Å². The summed E-state index contributed by atoms with van der Waals surface area (Å²) >= 11 is 1.88. The fourth-order valence-electron chi connectivity index (χ4n) is 7.15. The number of carbonyl (C=O) groups is 1. The van der Waals surface area contributed by atoms with Crippen LogP contribution in [0.3, 0.4) is 0 Å². The third-order valence-electron chi connectivity index (χ3n) is 9.42. The largest absolute Gasteiger partial charge is 1.00 e. The molecular weight excluding hydrogens is 735 g/mol. The monoisotopic (exact) mass is 776 g/mol. The van der Waals surface area contributed by atoms with E-state index in [-0.39, 0.29) is 76.4 Å². The van der Waals surface area contributed by atoms with Gasteiger partial charge in [-0.1, -0.05) is 68.5 Å². The minimum absolute atomic E-state index is 0. The summed E-state index contributed by atoms with van der Waals surface area (Å²) in [5, 5.41) is 40.7. The Morgan fingerprint density at radius 3 is 2.36 bits per heavy atom. The average Bonchev–Trinajstić information content (AvgIpc) is 3.46. The number of anilines is 1. The molecule has 2 aliphatic heterocycles. The van der Waals surface area contributed by atoms with E-state index in [1.165, 1.54) is 11.1 Å². The molecule has 0 unspecified atom stereocenters. The van der Waals surface area contributed by atoms with Gasteiger partial charge in [-0.3, -0.25) is 10.1 Å². The van der Waals surface area contributed by atoms with Crippen LogP contribution in [0, 0.1) is 0 Å². The van der Waals surface area contributed by atoms with Crippen molar-refractivity contribution in [2.45, 2.75) is 69.1 Å². The van der Waals surface area contributed by atoms with Crippen LogP contribution < -0.4 is 79.6 Å². The number of carboxylic acid groups (broad SMARTS) is 1. The van der Waals surface area contributed by atoms with Gasteiger partial charge < -0.3 is 25.3 Å². The summed E-state index contributed by atoms with van der Waals surface area (Å²) in [6.07, 6.45) is 16.6. The van der Waals surface area contributed by atoms with Gasteiger partial charge in [-0.2, -0.15) is 13.2 Å². The Morgan fingerprint density at radius 2 is 1.60 bits per heavy atom. The first-order valence-corrected chi connectivity index (χ1v) is 18.5. The number of rotatable bonds is 18. The van der Waals surface area contributed by atoms with E-state index in [1.54, 1.807) is 0 Å². The fraction of sp³-hybridized carbons (Fsp3) is 0.333. The molecule has 14 heteroatoms. The molecule has 53 heavy (non-hydrogen) atoms. The standard InChI is InChI=1S/C39H44N2O8S2.2Na/c1-38(2)31-15-10-11-16-32(31)40(25-14-19-36(42)43)34(38)17-8-6-5-7-9-18-35-39(3,4)37-30-22-21-29(51-49-47-45)27-28(30)20-23-33(37)41(35)24-12-13-26-50-48-46-44;;/h5-11,15-18,20-23,27H,12-14,19,24-26H2,1-4H3,(H2-,42,43,44,45);;/q;2*+1/p-2. The average molecular weight is 777 g/mol. The Balaban J connectivity index is 0.00000378. The molecule has 0 saturated heterocycles. The second-order valence-electron chi connectivity index (χ2n) is 13.3. The van der Waals surface area contributed by atoms with E-state index in [0.717, 1.165) is 81.9 Å². The van der Waals surface area contributed by atoms with Crippen LogP contribution in [-0.2, 0) is 34.4 Å². The molecule has 0 N–H and O–H groups in total. The molecule has 0 amide bonds. The van der Waals surface area contributed by atoms with E-state index >= 15 is 0 Å². The SMILES string of the molecule is CC1(C)C(/C=C/C=C/C=C/C=C2/N(CCCC(=O)[O-])c3ccccc3C2(C)C)=[N+](CCCCSOO[O-])c2ccc3cc(SOO[O-])ccc3c21.[Na+].[Na+]. The van der Waals surface area contributed by atoms with Crippen molar-refractivity contribution in [1.82, 2.24) is 0 Å². The maximum atomic E-state index is 11.1. The van der Waals surface area contributed by atoms with E-state index in [0.29, 0.717) is 18.7 Å². The van der Waals surface area contributed by atoms with Crippen molar-refractivity contribution in [3.05, 3.63) is 114 Å². The van der Waals surface area contributed by atoms with Crippen LogP contribution in [0.15, 0.2) is 108 Å². The van der Waals surface area contributed by atoms with E-state index in [4.69, 9.17) is 0 Å². The second kappa shape index (κ2) is 21.5. The Morgan fingerprint density at radius 1 is 0.868 bits per heavy atom. The van der Waals surface area contributed by atoms with Gasteiger partial charge in [0, 0.05) is 76.1 Å². The maximum Gasteiger partial charge on any atom is 1.00 e. The topological polar surface area (TPSA) is 129 Å². The first-order valence-electron chi connectivity index (χ1n) is 16.8. The number of fused-ring (bicyclic) bond motifs is 4. The molecular formula is C39H42N2Na2O8S2. The van der Waals surface area contributed by atoms with Crippen LogP contribution in [0.25, 0.3) is 10.8 Å². The van der Waals surface area contributed by atoms with Crippen molar-refractivity contribution < 1.29 is 103 Å². The van der Waals surface area contributed by atoms with E-state index in [9.17, 15) is 20.4 Å². The first kappa shape index (κ1) is 45.7. The van der Waals surface area contributed by atoms with Crippen molar-refractivity contribution in [1.29, 1.82) is 0 Å². The second-order valence-corrected chi connectivity index (χ2v) is 14.9. The van der Waals surface area contributed by atoms with E-state index in [2.05, 4.69) is 104 Å². The van der Waals surface area contributed by atoms with Gasteiger partial charge in [-0.05, 0) is 79.8 Å². The normalized spacial score (nSPS) is 16.6. The zero-order valence-electron chi connectivity index (χ0n) is 31.2. The van der Waals surface area contributed by atoms with E-state index < -0.39 is 5.97 Å². The van der Waals surface area contributed by atoms with Gasteiger partial charge in [0.25, 0.3) is 0 Å². The van der Waals surface area contributed by atoms with Crippen molar-refractivity contribution in [2.24, 2.45) is 0 Å². The summed E-state index contributed by atoms with van der Waals surface area (Å²) in [4.78, 5) is 14.1. The molecule has 0 atom stereocenters. The smallest absolute Gasteiger partial charge is 0.691 e. The van der Waals surface area contributed by atoms with Crippen LogP contribution >= 0.6 is 24.1 Å². The number of hydrogen-bond acceptors (Lipinski definition) is 11. The summed E-state index contributed by atoms with van der Waals surface area (Å²) < 4.78 is 11.3. The minimum Gasteiger partial charge on any atom is -0.691 e. The summed E-state index contributed by atoms with van der Waals surface area (Å²) in [7, 11) is 0.